The number of nitrogens with one attached hydrogen (secondary N) is 1. The van der Waals surface area contributed by atoms with Crippen LogP contribution in [0.4, 0.5) is 5.13 Å². The quantitative estimate of drug-likeness (QED) is 0.584. The fourth-order valence-electron chi connectivity index (χ4n) is 1.75. The van der Waals surface area contributed by atoms with Crippen molar-refractivity contribution in [1.82, 2.24) is 10.2 Å². The van der Waals surface area contributed by atoms with Crippen molar-refractivity contribution in [2.75, 3.05) is 24.2 Å². The van der Waals surface area contributed by atoms with Crippen LogP contribution in [0.2, 0.25) is 0 Å². The third-order valence-electron chi connectivity index (χ3n) is 2.85. The summed E-state index contributed by atoms with van der Waals surface area (Å²) in [6.45, 7) is 7.82. The number of thioether (sulfide) groups is 1. The minimum Gasteiger partial charge on any atom is -0.493 e. The maximum absolute atomic E-state index is 5.84. The minimum absolute atomic E-state index is 0.732. The molecular formula is C15H21N3OS2. The van der Waals surface area contributed by atoms with Crippen LogP contribution >= 0.6 is 23.1 Å². The average Bonchev–Trinajstić information content (AvgIpc) is 2.90. The van der Waals surface area contributed by atoms with E-state index in [2.05, 4.69) is 54.5 Å². The van der Waals surface area contributed by atoms with E-state index in [0.29, 0.717) is 0 Å². The van der Waals surface area contributed by atoms with E-state index >= 15 is 0 Å². The second-order valence-electron chi connectivity index (χ2n) is 4.72. The highest BCUT2D eigenvalue weighted by atomic mass is 32.2. The Bertz CT molecular complexity index is 572. The Morgan fingerprint density at radius 1 is 1.29 bits per heavy atom. The van der Waals surface area contributed by atoms with Crippen molar-refractivity contribution in [2.24, 2.45) is 0 Å². The largest absolute Gasteiger partial charge is 0.493 e. The van der Waals surface area contributed by atoms with Gasteiger partial charge in [0.15, 0.2) is 4.34 Å². The van der Waals surface area contributed by atoms with E-state index in [1.165, 1.54) is 11.1 Å². The number of aryl methyl sites for hydroxylation is 2. The van der Waals surface area contributed by atoms with Gasteiger partial charge in [-0.2, -0.15) is 0 Å². The number of ether oxygens (including phenoxy) is 1. The molecule has 6 heteroatoms. The van der Waals surface area contributed by atoms with Gasteiger partial charge in [0.25, 0.3) is 0 Å². The highest BCUT2D eigenvalue weighted by molar-refractivity contribution is 8.01. The molecule has 2 rings (SSSR count). The first-order chi connectivity index (χ1) is 10.2. The fraction of sp³-hybridized carbons (Fsp3) is 0.467. The second-order valence-corrected chi connectivity index (χ2v) is 7.04. The summed E-state index contributed by atoms with van der Waals surface area (Å²) < 4.78 is 6.85. The van der Waals surface area contributed by atoms with Crippen LogP contribution in [0.25, 0.3) is 0 Å². The first-order valence-electron chi connectivity index (χ1n) is 7.09. The molecule has 2 aromatic rings. The topological polar surface area (TPSA) is 47.0 Å². The number of benzene rings is 1. The van der Waals surface area contributed by atoms with Gasteiger partial charge in [-0.15, -0.1) is 10.2 Å². The van der Waals surface area contributed by atoms with Crippen molar-refractivity contribution in [1.29, 1.82) is 0 Å². The van der Waals surface area contributed by atoms with Gasteiger partial charge < -0.3 is 10.1 Å². The molecule has 114 valence electrons. The summed E-state index contributed by atoms with van der Waals surface area (Å²) in [6.07, 6.45) is 0.994. The summed E-state index contributed by atoms with van der Waals surface area (Å²) in [5.74, 6) is 1.98. The molecule has 0 bridgehead atoms. The van der Waals surface area contributed by atoms with Crippen LogP contribution in [0, 0.1) is 13.8 Å². The molecule has 1 aromatic carbocycles. The van der Waals surface area contributed by atoms with E-state index in [1.807, 2.05) is 0 Å². The highest BCUT2D eigenvalue weighted by Gasteiger charge is 2.04. The van der Waals surface area contributed by atoms with Gasteiger partial charge in [0.05, 0.1) is 6.61 Å². The van der Waals surface area contributed by atoms with Gasteiger partial charge in [-0.1, -0.05) is 35.2 Å². The van der Waals surface area contributed by atoms with Gasteiger partial charge in [0, 0.05) is 12.3 Å². The summed E-state index contributed by atoms with van der Waals surface area (Å²) >= 11 is 3.34. The molecule has 0 amide bonds. The molecule has 0 aliphatic heterocycles. The van der Waals surface area contributed by atoms with Gasteiger partial charge in [0.2, 0.25) is 5.13 Å². The lowest BCUT2D eigenvalue weighted by atomic mass is 10.1. The van der Waals surface area contributed by atoms with Crippen molar-refractivity contribution in [2.45, 2.75) is 31.5 Å². The molecule has 0 aliphatic carbocycles. The molecule has 0 atom stereocenters. The summed E-state index contributed by atoms with van der Waals surface area (Å²) in [5, 5.41) is 12.3. The number of anilines is 1. The van der Waals surface area contributed by atoms with E-state index in [4.69, 9.17) is 4.74 Å². The van der Waals surface area contributed by atoms with Crippen molar-refractivity contribution in [3.63, 3.8) is 0 Å². The van der Waals surface area contributed by atoms with Crippen LogP contribution in [0.5, 0.6) is 5.75 Å². The Morgan fingerprint density at radius 3 is 2.95 bits per heavy atom. The van der Waals surface area contributed by atoms with E-state index < -0.39 is 0 Å². The lowest BCUT2D eigenvalue weighted by molar-refractivity contribution is 0.316. The van der Waals surface area contributed by atoms with Crippen LogP contribution in [0.3, 0.4) is 0 Å². The van der Waals surface area contributed by atoms with Crippen molar-refractivity contribution >= 4 is 28.2 Å². The predicted molar refractivity (Wildman–Crippen MR) is 90.8 cm³/mol. The average molecular weight is 323 g/mol. The Labute approximate surface area is 134 Å². The van der Waals surface area contributed by atoms with E-state index in [1.54, 1.807) is 23.1 Å². The molecule has 0 aliphatic rings. The second kappa shape index (κ2) is 8.24. The molecule has 21 heavy (non-hydrogen) atoms. The molecule has 0 spiro atoms. The minimum atomic E-state index is 0.732. The maximum Gasteiger partial charge on any atom is 0.206 e. The molecule has 0 saturated heterocycles. The van der Waals surface area contributed by atoms with E-state index in [9.17, 15) is 0 Å². The molecule has 1 heterocycles. The maximum atomic E-state index is 5.84. The molecule has 4 nitrogen and oxygen atoms in total. The third-order valence-corrected chi connectivity index (χ3v) is 4.95. The zero-order valence-corrected chi connectivity index (χ0v) is 14.3. The van der Waals surface area contributed by atoms with Gasteiger partial charge in [-0.25, -0.2) is 0 Å². The summed E-state index contributed by atoms with van der Waals surface area (Å²) in [4.78, 5) is 0. The number of rotatable bonds is 8. The summed E-state index contributed by atoms with van der Waals surface area (Å²) in [5.41, 5.74) is 2.42. The molecule has 1 aromatic heterocycles. The lowest BCUT2D eigenvalue weighted by Crippen LogP contribution is -2.00. The molecule has 0 unspecified atom stereocenters. The number of hydrogen-bond donors (Lipinski definition) is 1. The summed E-state index contributed by atoms with van der Waals surface area (Å²) in [6, 6.07) is 6.30. The smallest absolute Gasteiger partial charge is 0.206 e. The summed E-state index contributed by atoms with van der Waals surface area (Å²) in [7, 11) is 0. The van der Waals surface area contributed by atoms with Gasteiger partial charge in [0.1, 0.15) is 5.75 Å². The SMILES string of the molecule is CCNc1nnc(SCCCOc2cc(C)ccc2C)s1. The van der Waals surface area contributed by atoms with Crippen molar-refractivity contribution in [3.8, 4) is 5.75 Å². The lowest BCUT2D eigenvalue weighted by Gasteiger charge is -2.09. The first kappa shape index (κ1) is 16.1. The number of hydrogen-bond acceptors (Lipinski definition) is 6. The number of nitrogens with zero attached hydrogens (tertiary/aromatic N) is 2. The molecule has 0 fully saturated rings. The molecule has 1 N–H and O–H groups in total. The van der Waals surface area contributed by atoms with E-state index in [-0.39, 0.29) is 0 Å². The zero-order chi connectivity index (χ0) is 15.1. The predicted octanol–water partition coefficient (Wildman–Crippen LogP) is 4.15. The normalized spacial score (nSPS) is 10.6. The Hall–Kier alpha value is -1.27. The van der Waals surface area contributed by atoms with Crippen LogP contribution in [-0.2, 0) is 0 Å². The standard InChI is InChI=1S/C15H21N3OS2/c1-4-16-14-17-18-15(21-14)20-9-5-8-19-13-10-11(2)6-7-12(13)3/h6-7,10H,4-5,8-9H2,1-3H3,(H,16,17). The van der Waals surface area contributed by atoms with Crippen molar-refractivity contribution < 1.29 is 4.74 Å². The molecule has 0 radical (unpaired) electrons. The Balaban J connectivity index is 1.68. The first-order valence-corrected chi connectivity index (χ1v) is 8.89. The Morgan fingerprint density at radius 2 is 2.14 bits per heavy atom. The number of aromatic nitrogens is 2. The molecular weight excluding hydrogens is 302 g/mol. The highest BCUT2D eigenvalue weighted by Crippen LogP contribution is 2.26. The third kappa shape index (κ3) is 5.21. The van der Waals surface area contributed by atoms with Crippen LogP contribution in [0.1, 0.15) is 24.5 Å². The van der Waals surface area contributed by atoms with Gasteiger partial charge in [-0.3, -0.25) is 0 Å². The Kier molecular flexibility index (Phi) is 6.32. The van der Waals surface area contributed by atoms with E-state index in [0.717, 1.165) is 40.5 Å². The van der Waals surface area contributed by atoms with Crippen molar-refractivity contribution in [3.05, 3.63) is 29.3 Å². The van der Waals surface area contributed by atoms with Gasteiger partial charge in [-0.05, 0) is 44.4 Å². The van der Waals surface area contributed by atoms with Crippen LogP contribution in [-0.4, -0.2) is 29.1 Å². The van der Waals surface area contributed by atoms with Gasteiger partial charge >= 0.3 is 0 Å². The van der Waals surface area contributed by atoms with Crippen LogP contribution in [0.15, 0.2) is 22.5 Å². The molecule has 0 saturated carbocycles. The fourth-order valence-corrected chi connectivity index (χ4v) is 3.56. The van der Waals surface area contributed by atoms with Crippen LogP contribution < -0.4 is 10.1 Å². The zero-order valence-electron chi connectivity index (χ0n) is 12.7. The monoisotopic (exact) mass is 323 g/mol.